The lowest BCUT2D eigenvalue weighted by molar-refractivity contribution is -0.134. The van der Waals surface area contributed by atoms with Gasteiger partial charge in [-0.1, -0.05) is 6.07 Å². The number of amides is 1. The summed E-state index contributed by atoms with van der Waals surface area (Å²) >= 11 is 0. The van der Waals surface area contributed by atoms with Crippen LogP contribution >= 0.6 is 0 Å². The maximum atomic E-state index is 13.2. The zero-order chi connectivity index (χ0) is 18.0. The van der Waals surface area contributed by atoms with Gasteiger partial charge in [-0.05, 0) is 31.9 Å². The predicted octanol–water partition coefficient (Wildman–Crippen LogP) is 2.62. The van der Waals surface area contributed by atoms with Crippen LogP contribution in [0.1, 0.15) is 30.1 Å². The number of nitrogens with zero attached hydrogens (tertiary/aromatic N) is 3. The molecule has 0 N–H and O–H groups in total. The van der Waals surface area contributed by atoms with E-state index in [1.165, 1.54) is 12.1 Å². The summed E-state index contributed by atoms with van der Waals surface area (Å²) in [6, 6.07) is 5.71. The molecular weight excluding hydrogens is 325 g/mol. The molecule has 6 nitrogen and oxygen atoms in total. The van der Waals surface area contributed by atoms with Crippen LogP contribution in [-0.2, 0) is 11.8 Å². The summed E-state index contributed by atoms with van der Waals surface area (Å²) in [5.74, 6) is 0.504. The number of likely N-dealkylation sites (tertiary alicyclic amines) is 1. The zero-order valence-electron chi connectivity index (χ0n) is 14.7. The van der Waals surface area contributed by atoms with Gasteiger partial charge in [-0.25, -0.2) is 9.07 Å². The third kappa shape index (κ3) is 3.45. The molecule has 1 aromatic carbocycles. The van der Waals surface area contributed by atoms with Gasteiger partial charge in [0.1, 0.15) is 11.6 Å². The number of methoxy groups -OCH3 is 1. The monoisotopic (exact) mass is 347 g/mol. The van der Waals surface area contributed by atoms with Crippen molar-refractivity contribution in [3.8, 4) is 11.6 Å². The second-order valence-corrected chi connectivity index (χ2v) is 6.12. The summed E-state index contributed by atoms with van der Waals surface area (Å²) in [6.07, 6.45) is 1.77. The first-order valence-corrected chi connectivity index (χ1v) is 8.26. The number of benzene rings is 1. The molecule has 0 bridgehead atoms. The molecule has 1 aliphatic heterocycles. The number of halogens is 1. The number of carbonyl (C=O) groups is 1. The van der Waals surface area contributed by atoms with Crippen LogP contribution < -0.4 is 9.47 Å². The van der Waals surface area contributed by atoms with Gasteiger partial charge in [0, 0.05) is 19.7 Å². The average Bonchev–Trinajstić information content (AvgIpc) is 3.16. The van der Waals surface area contributed by atoms with Gasteiger partial charge in [0.2, 0.25) is 5.88 Å². The molecule has 2 aromatic rings. The molecule has 0 saturated carbocycles. The molecule has 1 aliphatic rings. The third-order valence-electron chi connectivity index (χ3n) is 4.47. The fourth-order valence-corrected chi connectivity index (χ4v) is 3.43. The first kappa shape index (κ1) is 17.3. The quantitative estimate of drug-likeness (QED) is 0.834. The number of rotatable bonds is 5. The Morgan fingerprint density at radius 1 is 1.44 bits per heavy atom. The summed E-state index contributed by atoms with van der Waals surface area (Å²) < 4.78 is 25.8. The minimum atomic E-state index is -0.389. The third-order valence-corrected chi connectivity index (χ3v) is 4.47. The predicted molar refractivity (Wildman–Crippen MR) is 90.1 cm³/mol. The Balaban J connectivity index is 1.74. The number of aryl methyl sites for hydroxylation is 2. The molecular formula is C18H22FN3O3. The Kier molecular flexibility index (Phi) is 4.92. The number of carbonyl (C=O) groups excluding carboxylic acids is 1. The van der Waals surface area contributed by atoms with Crippen molar-refractivity contribution in [1.29, 1.82) is 0 Å². The number of hydrogen-bond donors (Lipinski definition) is 0. The van der Waals surface area contributed by atoms with Gasteiger partial charge >= 0.3 is 0 Å². The SMILES string of the molecule is COc1c([C@@H]2CCCN2C(=O)COc2cccc(F)c2)c(C)nn1C. The zero-order valence-corrected chi connectivity index (χ0v) is 14.7. The number of aromatic nitrogens is 2. The Morgan fingerprint density at radius 3 is 2.96 bits per heavy atom. The van der Waals surface area contributed by atoms with E-state index in [9.17, 15) is 9.18 Å². The highest BCUT2D eigenvalue weighted by Gasteiger charge is 2.35. The van der Waals surface area contributed by atoms with Crippen LogP contribution in [0.2, 0.25) is 0 Å². The fourth-order valence-electron chi connectivity index (χ4n) is 3.43. The largest absolute Gasteiger partial charge is 0.484 e. The summed E-state index contributed by atoms with van der Waals surface area (Å²) in [7, 11) is 3.43. The average molecular weight is 347 g/mol. The second-order valence-electron chi connectivity index (χ2n) is 6.12. The van der Waals surface area contributed by atoms with Crippen LogP contribution in [0.3, 0.4) is 0 Å². The smallest absolute Gasteiger partial charge is 0.261 e. The van der Waals surface area contributed by atoms with Crippen molar-refractivity contribution in [3.05, 3.63) is 41.3 Å². The van der Waals surface area contributed by atoms with E-state index in [1.54, 1.807) is 28.8 Å². The number of ether oxygens (including phenoxy) is 2. The molecule has 0 aliphatic carbocycles. The van der Waals surface area contributed by atoms with Gasteiger partial charge < -0.3 is 14.4 Å². The highest BCUT2D eigenvalue weighted by molar-refractivity contribution is 5.78. The van der Waals surface area contributed by atoms with Gasteiger partial charge in [0.15, 0.2) is 6.61 Å². The van der Waals surface area contributed by atoms with E-state index in [0.717, 1.165) is 24.1 Å². The molecule has 1 atom stereocenters. The lowest BCUT2D eigenvalue weighted by Gasteiger charge is -2.25. The van der Waals surface area contributed by atoms with Crippen LogP contribution in [0.15, 0.2) is 24.3 Å². The molecule has 1 saturated heterocycles. The van der Waals surface area contributed by atoms with E-state index < -0.39 is 0 Å². The molecule has 1 amide bonds. The van der Waals surface area contributed by atoms with E-state index in [2.05, 4.69) is 5.10 Å². The van der Waals surface area contributed by atoms with Crippen molar-refractivity contribution in [1.82, 2.24) is 14.7 Å². The first-order valence-electron chi connectivity index (χ1n) is 8.26. The molecule has 7 heteroatoms. The maximum Gasteiger partial charge on any atom is 0.261 e. The Bertz CT molecular complexity index is 775. The Labute approximate surface area is 146 Å². The van der Waals surface area contributed by atoms with E-state index >= 15 is 0 Å². The molecule has 134 valence electrons. The van der Waals surface area contributed by atoms with E-state index in [4.69, 9.17) is 9.47 Å². The second kappa shape index (κ2) is 7.13. The van der Waals surface area contributed by atoms with Crippen LogP contribution in [0.5, 0.6) is 11.6 Å². The fraction of sp³-hybridized carbons (Fsp3) is 0.444. The van der Waals surface area contributed by atoms with Crippen LogP contribution in [0.25, 0.3) is 0 Å². The molecule has 1 aromatic heterocycles. The van der Waals surface area contributed by atoms with Gasteiger partial charge in [-0.3, -0.25) is 4.79 Å². The van der Waals surface area contributed by atoms with Crippen molar-refractivity contribution < 1.29 is 18.7 Å². The Hall–Kier alpha value is -2.57. The van der Waals surface area contributed by atoms with Gasteiger partial charge in [0.25, 0.3) is 5.91 Å². The van der Waals surface area contributed by atoms with Gasteiger partial charge in [-0.2, -0.15) is 5.10 Å². The Morgan fingerprint density at radius 2 is 2.24 bits per heavy atom. The molecule has 0 unspecified atom stereocenters. The van der Waals surface area contributed by atoms with Crippen molar-refractivity contribution in [2.24, 2.45) is 7.05 Å². The van der Waals surface area contributed by atoms with E-state index in [-0.39, 0.29) is 24.4 Å². The molecule has 2 heterocycles. The van der Waals surface area contributed by atoms with Crippen molar-refractivity contribution in [3.63, 3.8) is 0 Å². The first-order chi connectivity index (χ1) is 12.0. The highest BCUT2D eigenvalue weighted by Crippen LogP contribution is 2.38. The lowest BCUT2D eigenvalue weighted by atomic mass is 10.1. The molecule has 0 spiro atoms. The van der Waals surface area contributed by atoms with Crippen LogP contribution in [-0.4, -0.2) is 40.8 Å². The van der Waals surface area contributed by atoms with Crippen molar-refractivity contribution in [2.75, 3.05) is 20.3 Å². The van der Waals surface area contributed by atoms with Crippen LogP contribution in [0, 0.1) is 12.7 Å². The van der Waals surface area contributed by atoms with Crippen molar-refractivity contribution >= 4 is 5.91 Å². The minimum absolute atomic E-state index is 0.0766. The standard InChI is InChI=1S/C18H22FN3O3/c1-12-17(18(24-3)21(2)20-12)15-8-5-9-22(15)16(23)11-25-14-7-4-6-13(19)10-14/h4,6-7,10,15H,5,8-9,11H2,1-3H3/t15-/m0/s1. The summed E-state index contributed by atoms with van der Waals surface area (Å²) in [5, 5.41) is 4.40. The summed E-state index contributed by atoms with van der Waals surface area (Å²) in [6.45, 7) is 2.46. The van der Waals surface area contributed by atoms with E-state index in [1.807, 2.05) is 14.0 Å². The van der Waals surface area contributed by atoms with Crippen LogP contribution in [0.4, 0.5) is 4.39 Å². The number of hydrogen-bond acceptors (Lipinski definition) is 4. The molecule has 3 rings (SSSR count). The summed E-state index contributed by atoms with van der Waals surface area (Å²) in [4.78, 5) is 14.4. The summed E-state index contributed by atoms with van der Waals surface area (Å²) in [5.41, 5.74) is 1.80. The maximum absolute atomic E-state index is 13.2. The van der Waals surface area contributed by atoms with E-state index in [0.29, 0.717) is 18.2 Å². The molecule has 1 fully saturated rings. The molecule has 25 heavy (non-hydrogen) atoms. The topological polar surface area (TPSA) is 56.6 Å². The highest BCUT2D eigenvalue weighted by atomic mass is 19.1. The van der Waals surface area contributed by atoms with Gasteiger partial charge in [0.05, 0.1) is 24.4 Å². The molecule has 0 radical (unpaired) electrons. The van der Waals surface area contributed by atoms with Crippen molar-refractivity contribution in [2.45, 2.75) is 25.8 Å². The normalized spacial score (nSPS) is 17.0. The minimum Gasteiger partial charge on any atom is -0.484 e. The lowest BCUT2D eigenvalue weighted by Crippen LogP contribution is -2.34. The van der Waals surface area contributed by atoms with Gasteiger partial charge in [-0.15, -0.1) is 0 Å².